The summed E-state index contributed by atoms with van der Waals surface area (Å²) in [7, 11) is 0. The molecule has 0 aromatic heterocycles. The van der Waals surface area contributed by atoms with Gasteiger partial charge in [-0.3, -0.25) is 0 Å². The largest absolute Gasteiger partial charge is 0.343 e. The minimum Gasteiger partial charge on any atom is -0.343 e. The number of anilines is 1. The molecule has 0 radical (unpaired) electrons. The van der Waals surface area contributed by atoms with Crippen molar-refractivity contribution in [3.05, 3.63) is 38.5 Å². The van der Waals surface area contributed by atoms with Gasteiger partial charge < -0.3 is 5.32 Å². The van der Waals surface area contributed by atoms with Crippen molar-refractivity contribution >= 4 is 33.2 Å². The second-order valence-electron chi connectivity index (χ2n) is 3.31. The van der Waals surface area contributed by atoms with Crippen LogP contribution in [0.4, 0.5) is 5.69 Å². The van der Waals surface area contributed by atoms with Crippen molar-refractivity contribution in [3.63, 3.8) is 0 Å². The Morgan fingerprint density at radius 3 is 2.28 bits per heavy atom. The zero-order valence-electron chi connectivity index (χ0n) is 9.25. The summed E-state index contributed by atoms with van der Waals surface area (Å²) >= 11 is 9.34. The average Bonchev–Trinajstić information content (AvgIpc) is 2.32. The fourth-order valence-corrected chi connectivity index (χ4v) is 2.34. The van der Waals surface area contributed by atoms with Gasteiger partial charge in [0.1, 0.15) is 23.9 Å². The first kappa shape index (κ1) is 14.1. The highest BCUT2D eigenvalue weighted by atomic mass is 79.9. The molecular weight excluding hydrogens is 316 g/mol. The van der Waals surface area contributed by atoms with Crippen LogP contribution in [-0.2, 0) is 0 Å². The van der Waals surface area contributed by atoms with Gasteiger partial charge in [-0.25, -0.2) is 0 Å². The normalized spacial score (nSPS) is 8.67. The Bertz CT molecular complexity index is 605. The second kappa shape index (κ2) is 6.07. The zero-order valence-corrected chi connectivity index (χ0v) is 11.6. The topological polar surface area (TPSA) is 83.4 Å². The molecule has 0 aliphatic heterocycles. The molecule has 0 saturated carbocycles. The molecule has 0 aliphatic carbocycles. The van der Waals surface area contributed by atoms with E-state index in [0.717, 1.165) is 5.56 Å². The highest BCUT2D eigenvalue weighted by Gasteiger charge is 2.11. The number of nitrogens with one attached hydrogen (secondary N) is 1. The van der Waals surface area contributed by atoms with Crippen LogP contribution in [0.15, 0.2) is 27.9 Å². The molecule has 1 aromatic rings. The molecular formula is C12H6BrClN4. The SMILES string of the molecule is Cc1cc(Cl)c(NC(C#N)=C(C#N)C#N)c(Br)c1. The Kier molecular flexibility index (Phi) is 4.75. The lowest BCUT2D eigenvalue weighted by Crippen LogP contribution is -2.02. The molecule has 88 valence electrons. The summed E-state index contributed by atoms with van der Waals surface area (Å²) in [4.78, 5) is 0. The maximum absolute atomic E-state index is 8.93. The molecule has 0 spiro atoms. The average molecular weight is 322 g/mol. The van der Waals surface area contributed by atoms with Gasteiger partial charge in [0, 0.05) is 4.47 Å². The molecule has 1 N–H and O–H groups in total. The Morgan fingerprint density at radius 1 is 1.22 bits per heavy atom. The molecule has 0 unspecified atom stereocenters. The van der Waals surface area contributed by atoms with Gasteiger partial charge in [0.2, 0.25) is 0 Å². The highest BCUT2D eigenvalue weighted by molar-refractivity contribution is 9.10. The van der Waals surface area contributed by atoms with Crippen molar-refractivity contribution in [3.8, 4) is 18.2 Å². The predicted octanol–water partition coefficient (Wildman–Crippen LogP) is 3.65. The third-order valence-electron chi connectivity index (χ3n) is 2.02. The fourth-order valence-electron chi connectivity index (χ4n) is 1.23. The van der Waals surface area contributed by atoms with Gasteiger partial charge in [-0.2, -0.15) is 15.8 Å². The summed E-state index contributed by atoms with van der Waals surface area (Å²) in [6.45, 7) is 1.87. The smallest absolute Gasteiger partial charge is 0.163 e. The molecule has 0 amide bonds. The number of hydrogen-bond donors (Lipinski definition) is 1. The van der Waals surface area contributed by atoms with Gasteiger partial charge in [-0.1, -0.05) is 11.6 Å². The zero-order chi connectivity index (χ0) is 13.7. The van der Waals surface area contributed by atoms with Crippen molar-refractivity contribution in [2.45, 2.75) is 6.92 Å². The van der Waals surface area contributed by atoms with Crippen molar-refractivity contribution in [2.24, 2.45) is 0 Å². The van der Waals surface area contributed by atoms with Gasteiger partial charge in [-0.15, -0.1) is 0 Å². The number of nitriles is 3. The lowest BCUT2D eigenvalue weighted by molar-refractivity contribution is 1.35. The van der Waals surface area contributed by atoms with Gasteiger partial charge in [0.15, 0.2) is 5.57 Å². The van der Waals surface area contributed by atoms with E-state index >= 15 is 0 Å². The number of halogens is 2. The molecule has 18 heavy (non-hydrogen) atoms. The summed E-state index contributed by atoms with van der Waals surface area (Å²) in [6.07, 6.45) is 0. The van der Waals surface area contributed by atoms with E-state index in [1.54, 1.807) is 24.3 Å². The van der Waals surface area contributed by atoms with E-state index in [4.69, 9.17) is 27.4 Å². The molecule has 0 fully saturated rings. The number of allylic oxidation sites excluding steroid dienone is 2. The second-order valence-corrected chi connectivity index (χ2v) is 4.58. The van der Waals surface area contributed by atoms with Gasteiger partial charge in [-0.05, 0) is 40.5 Å². The van der Waals surface area contributed by atoms with E-state index in [-0.39, 0.29) is 11.3 Å². The number of nitrogens with zero attached hydrogens (tertiary/aromatic N) is 3. The Labute approximate surface area is 118 Å². The van der Waals surface area contributed by atoms with E-state index < -0.39 is 0 Å². The highest BCUT2D eigenvalue weighted by Crippen LogP contribution is 2.33. The van der Waals surface area contributed by atoms with E-state index in [1.165, 1.54) is 0 Å². The van der Waals surface area contributed by atoms with Crippen LogP contribution in [0.25, 0.3) is 0 Å². The molecule has 0 atom stereocenters. The summed E-state index contributed by atoms with van der Waals surface area (Å²) in [6, 6.07) is 8.58. The molecule has 0 saturated heterocycles. The molecule has 0 aliphatic rings. The number of benzene rings is 1. The van der Waals surface area contributed by atoms with Crippen LogP contribution in [0.1, 0.15) is 5.56 Å². The van der Waals surface area contributed by atoms with Crippen molar-refractivity contribution in [1.29, 1.82) is 15.8 Å². The van der Waals surface area contributed by atoms with Crippen LogP contribution >= 0.6 is 27.5 Å². The number of aryl methyl sites for hydroxylation is 1. The quantitative estimate of drug-likeness (QED) is 0.843. The van der Waals surface area contributed by atoms with Crippen LogP contribution in [0.3, 0.4) is 0 Å². The summed E-state index contributed by atoms with van der Waals surface area (Å²) in [5, 5.41) is 29.5. The third-order valence-corrected chi connectivity index (χ3v) is 2.95. The van der Waals surface area contributed by atoms with Gasteiger partial charge in [0.25, 0.3) is 0 Å². The molecule has 1 aromatic carbocycles. The minimum atomic E-state index is -0.291. The van der Waals surface area contributed by atoms with Gasteiger partial charge in [0.05, 0.1) is 10.7 Å². The third kappa shape index (κ3) is 3.02. The van der Waals surface area contributed by atoms with E-state index in [9.17, 15) is 0 Å². The van der Waals surface area contributed by atoms with Crippen LogP contribution < -0.4 is 5.32 Å². The van der Waals surface area contributed by atoms with E-state index in [1.807, 2.05) is 13.0 Å². The first-order valence-electron chi connectivity index (χ1n) is 4.70. The summed E-state index contributed by atoms with van der Waals surface area (Å²) in [5.74, 6) is 0. The molecule has 4 nitrogen and oxygen atoms in total. The fraction of sp³-hybridized carbons (Fsp3) is 0.0833. The first-order valence-corrected chi connectivity index (χ1v) is 5.87. The Morgan fingerprint density at radius 2 is 1.83 bits per heavy atom. The minimum absolute atomic E-state index is 0.133. The lowest BCUT2D eigenvalue weighted by atomic mass is 10.2. The van der Waals surface area contributed by atoms with Crippen LogP contribution in [-0.4, -0.2) is 0 Å². The molecule has 6 heteroatoms. The monoisotopic (exact) mass is 320 g/mol. The predicted molar refractivity (Wildman–Crippen MR) is 71.4 cm³/mol. The van der Waals surface area contributed by atoms with Crippen LogP contribution in [0.2, 0.25) is 5.02 Å². The number of rotatable bonds is 2. The molecule has 1 rings (SSSR count). The lowest BCUT2D eigenvalue weighted by Gasteiger charge is -2.10. The molecule has 0 bridgehead atoms. The summed E-state index contributed by atoms with van der Waals surface area (Å²) < 4.78 is 0.649. The Balaban J connectivity index is 3.30. The maximum Gasteiger partial charge on any atom is 0.163 e. The standard InChI is InChI=1S/C12H6BrClN4/c1-7-2-9(13)12(10(14)3-7)18-11(6-17)8(4-15)5-16/h2-3,18H,1H3. The van der Waals surface area contributed by atoms with E-state index in [2.05, 4.69) is 21.2 Å². The van der Waals surface area contributed by atoms with E-state index in [0.29, 0.717) is 15.2 Å². The maximum atomic E-state index is 8.93. The van der Waals surface area contributed by atoms with Crippen LogP contribution in [0, 0.1) is 40.9 Å². The van der Waals surface area contributed by atoms with Crippen molar-refractivity contribution in [1.82, 2.24) is 0 Å². The first-order chi connectivity index (χ1) is 8.53. The van der Waals surface area contributed by atoms with Crippen LogP contribution in [0.5, 0.6) is 0 Å². The van der Waals surface area contributed by atoms with Gasteiger partial charge >= 0.3 is 0 Å². The molecule has 0 heterocycles. The van der Waals surface area contributed by atoms with Crippen molar-refractivity contribution in [2.75, 3.05) is 5.32 Å². The number of hydrogen-bond acceptors (Lipinski definition) is 4. The van der Waals surface area contributed by atoms with Crippen molar-refractivity contribution < 1.29 is 0 Å². The summed E-state index contributed by atoms with van der Waals surface area (Å²) in [5.41, 5.74) is 0.968. The Hall–Kier alpha value is -2.00.